The van der Waals surface area contributed by atoms with Crippen molar-refractivity contribution in [1.82, 2.24) is 19.9 Å². The molecule has 0 atom stereocenters. The largest absolute Gasteiger partial charge is 0.298 e. The van der Waals surface area contributed by atoms with E-state index in [1.165, 1.54) is 10.9 Å². The first-order valence-corrected chi connectivity index (χ1v) is 8.07. The highest BCUT2D eigenvalue weighted by atomic mass is 15.1. The Morgan fingerprint density at radius 1 is 0.957 bits per heavy atom. The van der Waals surface area contributed by atoms with Gasteiger partial charge in [0.2, 0.25) is 0 Å². The summed E-state index contributed by atoms with van der Waals surface area (Å²) >= 11 is 0. The first-order chi connectivity index (χ1) is 11.3. The molecule has 118 valence electrons. The van der Waals surface area contributed by atoms with E-state index in [1.54, 1.807) is 0 Å². The van der Waals surface area contributed by atoms with Crippen molar-refractivity contribution in [2.75, 3.05) is 7.05 Å². The van der Waals surface area contributed by atoms with Crippen LogP contribution >= 0.6 is 0 Å². The summed E-state index contributed by atoms with van der Waals surface area (Å²) in [5.41, 5.74) is 3.48. The maximum atomic E-state index is 4.43. The van der Waals surface area contributed by atoms with Gasteiger partial charge in [0.05, 0.1) is 5.52 Å². The van der Waals surface area contributed by atoms with Crippen molar-refractivity contribution < 1.29 is 0 Å². The fraction of sp³-hybridized carbons (Fsp3) is 0.316. The third-order valence-corrected chi connectivity index (χ3v) is 3.86. The summed E-state index contributed by atoms with van der Waals surface area (Å²) in [6.45, 7) is 3.85. The van der Waals surface area contributed by atoms with E-state index >= 15 is 0 Å². The predicted octanol–water partition coefficient (Wildman–Crippen LogP) is 3.61. The van der Waals surface area contributed by atoms with Crippen LogP contribution in [0.4, 0.5) is 0 Å². The second-order valence-electron chi connectivity index (χ2n) is 5.92. The quantitative estimate of drug-likeness (QED) is 0.697. The number of aryl methyl sites for hydroxylation is 1. The Balaban J connectivity index is 1.70. The molecule has 0 aliphatic carbocycles. The molecule has 3 aromatic rings. The van der Waals surface area contributed by atoms with E-state index in [9.17, 15) is 0 Å². The number of hydrogen-bond acceptors (Lipinski definition) is 4. The summed E-state index contributed by atoms with van der Waals surface area (Å²) in [5, 5.41) is 1.22. The molecule has 0 amide bonds. The summed E-state index contributed by atoms with van der Waals surface area (Å²) in [6, 6.07) is 10.4. The number of nitrogens with zero attached hydrogens (tertiary/aromatic N) is 4. The van der Waals surface area contributed by atoms with Crippen LogP contribution in [0, 0.1) is 0 Å². The van der Waals surface area contributed by atoms with Crippen LogP contribution < -0.4 is 0 Å². The molecule has 2 aromatic heterocycles. The van der Waals surface area contributed by atoms with Gasteiger partial charge in [0, 0.05) is 49.1 Å². The van der Waals surface area contributed by atoms with E-state index in [0.717, 1.165) is 42.8 Å². The molecular formula is C19H22N4. The zero-order chi connectivity index (χ0) is 16.1. The lowest BCUT2D eigenvalue weighted by molar-refractivity contribution is 0.319. The number of aromatic nitrogens is 3. The van der Waals surface area contributed by atoms with Crippen LogP contribution in [0.25, 0.3) is 10.9 Å². The van der Waals surface area contributed by atoms with Gasteiger partial charge in [-0.3, -0.25) is 9.88 Å². The lowest BCUT2D eigenvalue weighted by Crippen LogP contribution is -2.18. The molecule has 0 unspecified atom stereocenters. The minimum atomic E-state index is 0.836. The maximum absolute atomic E-state index is 4.43. The Kier molecular flexibility index (Phi) is 4.93. The van der Waals surface area contributed by atoms with Gasteiger partial charge in [0.25, 0.3) is 0 Å². The van der Waals surface area contributed by atoms with Gasteiger partial charge in [-0.1, -0.05) is 25.1 Å². The Morgan fingerprint density at radius 3 is 2.57 bits per heavy atom. The van der Waals surface area contributed by atoms with Crippen molar-refractivity contribution in [3.63, 3.8) is 0 Å². The Morgan fingerprint density at radius 2 is 1.78 bits per heavy atom. The topological polar surface area (TPSA) is 41.9 Å². The molecule has 4 nitrogen and oxygen atoms in total. The van der Waals surface area contributed by atoms with Crippen LogP contribution in [-0.4, -0.2) is 26.9 Å². The van der Waals surface area contributed by atoms with E-state index in [-0.39, 0.29) is 0 Å². The highest BCUT2D eigenvalue weighted by Crippen LogP contribution is 2.18. The summed E-state index contributed by atoms with van der Waals surface area (Å²) in [6.07, 6.45) is 7.75. The van der Waals surface area contributed by atoms with Crippen LogP contribution in [0.1, 0.15) is 30.3 Å². The van der Waals surface area contributed by atoms with Crippen LogP contribution in [0.2, 0.25) is 0 Å². The lowest BCUT2D eigenvalue weighted by Gasteiger charge is -2.17. The van der Waals surface area contributed by atoms with Crippen LogP contribution in [0.15, 0.2) is 48.9 Å². The van der Waals surface area contributed by atoms with Crippen LogP contribution in [0.5, 0.6) is 0 Å². The van der Waals surface area contributed by atoms with Gasteiger partial charge in [-0.15, -0.1) is 0 Å². The van der Waals surface area contributed by atoms with E-state index in [4.69, 9.17) is 0 Å². The van der Waals surface area contributed by atoms with Crippen LogP contribution in [0.3, 0.4) is 0 Å². The first kappa shape index (κ1) is 15.6. The molecule has 0 saturated carbocycles. The summed E-state index contributed by atoms with van der Waals surface area (Å²) in [7, 11) is 2.12. The molecule has 1 aromatic carbocycles. The average Bonchev–Trinajstić information content (AvgIpc) is 2.57. The molecule has 23 heavy (non-hydrogen) atoms. The molecule has 4 heteroatoms. The average molecular weight is 306 g/mol. The SMILES string of the molecule is CCCc1ncc(CN(C)Cc2cccc3ncccc23)cn1. The van der Waals surface area contributed by atoms with Crippen molar-refractivity contribution in [2.45, 2.75) is 32.9 Å². The molecule has 0 radical (unpaired) electrons. The van der Waals surface area contributed by atoms with E-state index < -0.39 is 0 Å². The van der Waals surface area contributed by atoms with Crippen molar-refractivity contribution in [2.24, 2.45) is 0 Å². The zero-order valence-electron chi connectivity index (χ0n) is 13.7. The number of benzene rings is 1. The molecule has 0 fully saturated rings. The van der Waals surface area contributed by atoms with Gasteiger partial charge in [0.15, 0.2) is 0 Å². The zero-order valence-corrected chi connectivity index (χ0v) is 13.7. The molecule has 2 heterocycles. The van der Waals surface area contributed by atoms with E-state index in [1.807, 2.05) is 24.7 Å². The van der Waals surface area contributed by atoms with Gasteiger partial charge in [-0.25, -0.2) is 9.97 Å². The minimum Gasteiger partial charge on any atom is -0.298 e. The second kappa shape index (κ2) is 7.29. The molecule has 0 aliphatic heterocycles. The van der Waals surface area contributed by atoms with E-state index in [2.05, 4.69) is 58.1 Å². The first-order valence-electron chi connectivity index (χ1n) is 8.07. The third-order valence-electron chi connectivity index (χ3n) is 3.86. The number of pyridine rings is 1. The van der Waals surface area contributed by atoms with Crippen LogP contribution in [-0.2, 0) is 19.5 Å². The molecule has 0 bridgehead atoms. The Hall–Kier alpha value is -2.33. The normalized spacial score (nSPS) is 11.3. The Bertz CT molecular complexity index is 762. The Labute approximate surface area is 137 Å². The molecule has 0 saturated heterocycles. The third kappa shape index (κ3) is 3.90. The number of fused-ring (bicyclic) bond motifs is 1. The molecule has 3 rings (SSSR count). The van der Waals surface area contributed by atoms with Crippen molar-refractivity contribution in [3.8, 4) is 0 Å². The minimum absolute atomic E-state index is 0.836. The van der Waals surface area contributed by atoms with Gasteiger partial charge < -0.3 is 0 Å². The van der Waals surface area contributed by atoms with Gasteiger partial charge >= 0.3 is 0 Å². The lowest BCUT2D eigenvalue weighted by atomic mass is 10.1. The molecule has 0 N–H and O–H groups in total. The van der Waals surface area contributed by atoms with Gasteiger partial charge in [-0.2, -0.15) is 0 Å². The fourth-order valence-electron chi connectivity index (χ4n) is 2.78. The molecule has 0 spiro atoms. The molecule has 0 aliphatic rings. The van der Waals surface area contributed by atoms with Crippen molar-refractivity contribution in [3.05, 3.63) is 65.9 Å². The second-order valence-corrected chi connectivity index (χ2v) is 5.92. The summed E-state index contributed by atoms with van der Waals surface area (Å²) in [4.78, 5) is 15.6. The monoisotopic (exact) mass is 306 g/mol. The fourth-order valence-corrected chi connectivity index (χ4v) is 2.78. The van der Waals surface area contributed by atoms with Crippen molar-refractivity contribution in [1.29, 1.82) is 0 Å². The van der Waals surface area contributed by atoms with Crippen molar-refractivity contribution >= 4 is 10.9 Å². The maximum Gasteiger partial charge on any atom is 0.128 e. The van der Waals surface area contributed by atoms with Gasteiger partial charge in [-0.05, 0) is 31.2 Å². The number of rotatable bonds is 6. The highest BCUT2D eigenvalue weighted by molar-refractivity contribution is 5.81. The summed E-state index contributed by atoms with van der Waals surface area (Å²) in [5.74, 6) is 0.930. The van der Waals surface area contributed by atoms with E-state index in [0.29, 0.717) is 0 Å². The smallest absolute Gasteiger partial charge is 0.128 e. The predicted molar refractivity (Wildman–Crippen MR) is 92.9 cm³/mol. The molecular weight excluding hydrogens is 284 g/mol. The number of hydrogen-bond donors (Lipinski definition) is 0. The van der Waals surface area contributed by atoms with Gasteiger partial charge in [0.1, 0.15) is 5.82 Å². The standard InChI is InChI=1S/C19H22N4/c1-3-6-19-21-11-15(12-22-19)13-23(2)14-16-7-4-9-18-17(16)8-5-10-20-18/h4-5,7-12H,3,6,13-14H2,1-2H3. The highest BCUT2D eigenvalue weighted by Gasteiger charge is 2.06. The summed E-state index contributed by atoms with van der Waals surface area (Å²) < 4.78 is 0.